The number of anilines is 1. The number of hydrogen-bond donors (Lipinski definition) is 4. The van der Waals surface area contributed by atoms with Gasteiger partial charge in [-0.1, -0.05) is 41.1 Å². The van der Waals surface area contributed by atoms with Crippen molar-refractivity contribution in [2.24, 2.45) is 22.7 Å². The molecule has 0 unspecified atom stereocenters. The van der Waals surface area contributed by atoms with Crippen LogP contribution in [-0.4, -0.2) is 44.7 Å². The lowest BCUT2D eigenvalue weighted by Gasteiger charge is -2.56. The number of ketones is 1. The average molecular weight is 596 g/mol. The number of hydrogen-bond acceptors (Lipinski definition) is 6. The monoisotopic (exact) mass is 595 g/mol. The van der Waals surface area contributed by atoms with Crippen LogP contribution in [0.15, 0.2) is 46.9 Å². The third-order valence-electron chi connectivity index (χ3n) is 9.66. The predicted octanol–water partition coefficient (Wildman–Crippen LogP) is 5.52. The highest BCUT2D eigenvalue weighted by atomic mass is 79.9. The summed E-state index contributed by atoms with van der Waals surface area (Å²) in [6, 6.07) is 9.88. The minimum atomic E-state index is -1.39. The summed E-state index contributed by atoms with van der Waals surface area (Å²) in [7, 11) is 0. The molecule has 204 valence electrons. The van der Waals surface area contributed by atoms with Gasteiger partial charge in [0.25, 0.3) is 0 Å². The van der Waals surface area contributed by atoms with E-state index in [2.05, 4.69) is 34.2 Å². The van der Waals surface area contributed by atoms with Crippen LogP contribution in [-0.2, 0) is 14.3 Å². The van der Waals surface area contributed by atoms with Crippen LogP contribution in [0.3, 0.4) is 0 Å². The minimum absolute atomic E-state index is 0.0191. The molecule has 5 aliphatic rings. The molecular formula is C30H30BrNO7. The summed E-state index contributed by atoms with van der Waals surface area (Å²) in [4.78, 5) is 38.8. The van der Waals surface area contributed by atoms with Crippen LogP contribution in [0.2, 0.25) is 0 Å². The van der Waals surface area contributed by atoms with Crippen molar-refractivity contribution in [3.05, 3.63) is 58.1 Å². The number of ether oxygens (including phenoxy) is 1. The van der Waals surface area contributed by atoms with E-state index in [9.17, 15) is 29.7 Å². The maximum absolute atomic E-state index is 14.3. The van der Waals surface area contributed by atoms with Crippen LogP contribution in [0.4, 0.5) is 5.69 Å². The number of carbonyl (C=O) groups excluding carboxylic acids is 2. The number of amides is 1. The third kappa shape index (κ3) is 3.84. The lowest BCUT2D eigenvalue weighted by molar-refractivity contribution is -0.168. The smallest absolute Gasteiger partial charge is 0.339 e. The standard InChI is InChI=1S/C30H30BrNO7/c1-28(10-9-22(34)32-23-20(33)8-7-18(24(23)35)27(37)38)25-21-11-16-12-30(25,14-29(16,2)39-21)13-19(26(28)36)15-3-5-17(31)6-4-15/h3-8,13,16,21,25,33,35H,9-12,14H2,1-2H3,(H,32,34)(H,37,38)/t16-,21-,25-,28-,29-,30+/m0/s1. The van der Waals surface area contributed by atoms with Crippen molar-refractivity contribution in [2.45, 2.75) is 57.7 Å². The van der Waals surface area contributed by atoms with Gasteiger partial charge in [0, 0.05) is 27.8 Å². The number of aromatic hydroxyl groups is 2. The maximum Gasteiger partial charge on any atom is 0.339 e. The highest BCUT2D eigenvalue weighted by molar-refractivity contribution is 9.10. The van der Waals surface area contributed by atoms with Crippen molar-refractivity contribution in [2.75, 3.05) is 5.32 Å². The molecule has 0 aromatic heterocycles. The average Bonchev–Trinajstić information content (AvgIpc) is 3.24. The number of carboxylic acids is 1. The molecule has 4 N–H and O–H groups in total. The molecule has 1 spiro atoms. The first-order valence-electron chi connectivity index (χ1n) is 13.2. The number of phenols is 2. The van der Waals surface area contributed by atoms with E-state index in [4.69, 9.17) is 4.74 Å². The van der Waals surface area contributed by atoms with Crippen LogP contribution in [0, 0.1) is 22.7 Å². The molecule has 0 radical (unpaired) electrons. The molecule has 2 aromatic carbocycles. The van der Waals surface area contributed by atoms with E-state index in [1.54, 1.807) is 0 Å². The number of allylic oxidation sites excluding steroid dienone is 2. The highest BCUT2D eigenvalue weighted by Crippen LogP contribution is 2.72. The van der Waals surface area contributed by atoms with E-state index in [1.165, 1.54) is 0 Å². The van der Waals surface area contributed by atoms with Crippen LogP contribution >= 0.6 is 15.9 Å². The van der Waals surface area contributed by atoms with E-state index in [1.807, 2.05) is 31.2 Å². The lowest BCUT2D eigenvalue weighted by atomic mass is 9.49. The van der Waals surface area contributed by atoms with Crippen LogP contribution in [0.5, 0.6) is 11.5 Å². The number of carboxylic acid groups (broad SMARTS) is 1. The van der Waals surface area contributed by atoms with Gasteiger partial charge in [0.1, 0.15) is 17.0 Å². The number of Topliss-reactive ketones (excluding diaryl/α,β-unsaturated/α-hetero) is 1. The van der Waals surface area contributed by atoms with E-state index >= 15 is 0 Å². The van der Waals surface area contributed by atoms with Crippen LogP contribution < -0.4 is 5.32 Å². The molecule has 2 aromatic rings. The molecule has 2 saturated heterocycles. The molecule has 8 nitrogen and oxygen atoms in total. The third-order valence-corrected chi connectivity index (χ3v) is 10.2. The highest BCUT2D eigenvalue weighted by Gasteiger charge is 2.72. The van der Waals surface area contributed by atoms with Gasteiger partial charge in [-0.2, -0.15) is 0 Å². The van der Waals surface area contributed by atoms with Gasteiger partial charge in [-0.15, -0.1) is 0 Å². The molecule has 2 aliphatic heterocycles. The largest absolute Gasteiger partial charge is 0.506 e. The van der Waals surface area contributed by atoms with E-state index in [0.717, 1.165) is 41.4 Å². The van der Waals surface area contributed by atoms with E-state index < -0.39 is 34.4 Å². The second-order valence-electron chi connectivity index (χ2n) is 12.0. The Balaban J connectivity index is 1.32. The van der Waals surface area contributed by atoms with Gasteiger partial charge in [0.05, 0.1) is 11.7 Å². The van der Waals surface area contributed by atoms with Crippen molar-refractivity contribution in [1.82, 2.24) is 0 Å². The summed E-state index contributed by atoms with van der Waals surface area (Å²) < 4.78 is 7.48. The Morgan fingerprint density at radius 2 is 1.85 bits per heavy atom. The molecule has 1 amide bonds. The van der Waals surface area contributed by atoms with E-state index in [-0.39, 0.29) is 47.4 Å². The molecule has 9 heteroatoms. The molecule has 2 heterocycles. The number of halogens is 1. The second-order valence-corrected chi connectivity index (χ2v) is 12.9. The van der Waals surface area contributed by atoms with Gasteiger partial charge in [0.15, 0.2) is 11.5 Å². The van der Waals surface area contributed by atoms with Crippen molar-refractivity contribution in [1.29, 1.82) is 0 Å². The zero-order valence-electron chi connectivity index (χ0n) is 21.7. The molecule has 4 fully saturated rings. The Kier molecular flexibility index (Phi) is 5.79. The fourth-order valence-corrected chi connectivity index (χ4v) is 8.38. The Labute approximate surface area is 234 Å². The van der Waals surface area contributed by atoms with Crippen LogP contribution in [0.25, 0.3) is 5.57 Å². The van der Waals surface area contributed by atoms with E-state index in [0.29, 0.717) is 11.5 Å². The Morgan fingerprint density at radius 1 is 1.13 bits per heavy atom. The fraction of sp³-hybridized carbons (Fsp3) is 0.433. The maximum atomic E-state index is 14.3. The zero-order valence-corrected chi connectivity index (χ0v) is 23.2. The van der Waals surface area contributed by atoms with Gasteiger partial charge >= 0.3 is 5.97 Å². The first-order chi connectivity index (χ1) is 18.4. The minimum Gasteiger partial charge on any atom is -0.506 e. The number of carbonyl (C=O) groups is 3. The molecule has 2 saturated carbocycles. The first-order valence-corrected chi connectivity index (χ1v) is 14.0. The van der Waals surface area contributed by atoms with Gasteiger partial charge in [-0.05, 0) is 73.8 Å². The van der Waals surface area contributed by atoms with Crippen molar-refractivity contribution in [3.8, 4) is 11.5 Å². The first kappa shape index (κ1) is 26.1. The number of benzene rings is 2. The number of rotatable bonds is 6. The zero-order chi connectivity index (χ0) is 27.9. The van der Waals surface area contributed by atoms with Crippen molar-refractivity contribution >= 4 is 44.9 Å². The summed E-state index contributed by atoms with van der Waals surface area (Å²) in [5.74, 6) is -2.75. The lowest BCUT2D eigenvalue weighted by Crippen LogP contribution is -2.57. The van der Waals surface area contributed by atoms with Gasteiger partial charge in [-0.25, -0.2) is 4.79 Å². The second kappa shape index (κ2) is 8.66. The fourth-order valence-electron chi connectivity index (χ4n) is 8.11. The Morgan fingerprint density at radius 3 is 2.51 bits per heavy atom. The molecule has 7 rings (SSSR count). The molecular weight excluding hydrogens is 566 g/mol. The molecule has 6 atom stereocenters. The molecule has 4 bridgehead atoms. The van der Waals surface area contributed by atoms with Gasteiger partial charge in [0.2, 0.25) is 5.91 Å². The normalized spacial score (nSPS) is 34.1. The quantitative estimate of drug-likeness (QED) is 0.323. The summed E-state index contributed by atoms with van der Waals surface area (Å²) in [5, 5.41) is 32.3. The van der Waals surface area contributed by atoms with Crippen molar-refractivity contribution in [3.63, 3.8) is 0 Å². The van der Waals surface area contributed by atoms with Crippen molar-refractivity contribution < 1.29 is 34.4 Å². The number of aromatic carboxylic acids is 1. The number of nitrogens with one attached hydrogen (secondary N) is 1. The SMILES string of the molecule is C[C@]12C[C@@]34C=C(c5ccc(Br)cc5)C(=O)[C@@](C)(CCC(=O)Nc5c(O)ccc(C(=O)O)c5O)[C@@H]3[C@H](C[C@H]1C4)O2. The summed E-state index contributed by atoms with van der Waals surface area (Å²) in [6.07, 6.45) is 5.00. The molecule has 39 heavy (non-hydrogen) atoms. The summed E-state index contributed by atoms with van der Waals surface area (Å²) in [6.45, 7) is 4.12. The summed E-state index contributed by atoms with van der Waals surface area (Å²) >= 11 is 3.47. The van der Waals surface area contributed by atoms with Gasteiger partial charge < -0.3 is 25.4 Å². The number of phenolic OH excluding ortho intramolecular Hbond substituents is 1. The Hall–Kier alpha value is -3.17. The van der Waals surface area contributed by atoms with Crippen LogP contribution in [0.1, 0.15) is 61.9 Å². The molecule has 3 aliphatic carbocycles. The Bertz CT molecular complexity index is 1450. The summed E-state index contributed by atoms with van der Waals surface area (Å²) in [5.41, 5.74) is -0.562. The predicted molar refractivity (Wildman–Crippen MR) is 146 cm³/mol. The topological polar surface area (TPSA) is 133 Å². The van der Waals surface area contributed by atoms with Gasteiger partial charge in [-0.3, -0.25) is 9.59 Å².